The second-order valence-electron chi connectivity index (χ2n) is 5.97. The summed E-state index contributed by atoms with van der Waals surface area (Å²) < 4.78 is 4.97. The molecule has 0 saturated carbocycles. The van der Waals surface area contributed by atoms with Crippen molar-refractivity contribution in [3.63, 3.8) is 0 Å². The Morgan fingerprint density at radius 2 is 1.74 bits per heavy atom. The molecule has 126 valence electrons. The average Bonchev–Trinajstić information content (AvgIpc) is 2.47. The predicted molar refractivity (Wildman–Crippen MR) is 88.1 cm³/mol. The molecule has 0 unspecified atom stereocenters. The zero-order chi connectivity index (χ0) is 17.6. The molecule has 23 heavy (non-hydrogen) atoms. The van der Waals surface area contributed by atoms with Gasteiger partial charge in [0.1, 0.15) is 5.41 Å². The Bertz CT molecular complexity index is 594. The summed E-state index contributed by atoms with van der Waals surface area (Å²) in [5, 5.41) is 5.36. The number of amides is 2. The van der Waals surface area contributed by atoms with Crippen LogP contribution in [0.3, 0.4) is 0 Å². The van der Waals surface area contributed by atoms with Crippen LogP contribution < -0.4 is 10.6 Å². The van der Waals surface area contributed by atoms with Gasteiger partial charge in [0.05, 0.1) is 17.9 Å². The third-order valence-electron chi connectivity index (χ3n) is 3.23. The van der Waals surface area contributed by atoms with Crippen molar-refractivity contribution in [3.8, 4) is 0 Å². The number of esters is 1. The summed E-state index contributed by atoms with van der Waals surface area (Å²) >= 11 is 0. The Labute approximate surface area is 136 Å². The van der Waals surface area contributed by atoms with Crippen LogP contribution in [0.4, 0.5) is 5.69 Å². The van der Waals surface area contributed by atoms with E-state index in [2.05, 4.69) is 10.6 Å². The van der Waals surface area contributed by atoms with Crippen LogP contribution in [0.1, 0.15) is 45.0 Å². The van der Waals surface area contributed by atoms with Gasteiger partial charge in [-0.15, -0.1) is 0 Å². The molecular weight excluding hydrogens is 296 g/mol. The van der Waals surface area contributed by atoms with Gasteiger partial charge in [-0.05, 0) is 46.8 Å². The normalized spacial score (nSPS) is 11.0. The van der Waals surface area contributed by atoms with E-state index in [0.29, 0.717) is 5.69 Å². The quantitative estimate of drug-likeness (QED) is 0.622. The number of para-hydroxylation sites is 1. The topological polar surface area (TPSA) is 84.5 Å². The minimum Gasteiger partial charge on any atom is -0.462 e. The standard InChI is InChI=1S/C17H24N2O4/c1-6-23-14(20)12-9-7-8-10-13(12)19-16(22)17(4,5)15(21)18-11(2)3/h7-11H,6H2,1-5H3,(H,18,21)(H,19,22). The Balaban J connectivity index is 2.97. The lowest BCUT2D eigenvalue weighted by molar-refractivity contribution is -0.138. The van der Waals surface area contributed by atoms with Crippen molar-refractivity contribution in [3.05, 3.63) is 29.8 Å². The average molecular weight is 320 g/mol. The Kier molecular flexibility index (Phi) is 6.30. The lowest BCUT2D eigenvalue weighted by Crippen LogP contribution is -2.47. The van der Waals surface area contributed by atoms with Gasteiger partial charge in [0.25, 0.3) is 0 Å². The number of ether oxygens (including phenoxy) is 1. The number of benzene rings is 1. The highest BCUT2D eigenvalue weighted by Crippen LogP contribution is 2.22. The van der Waals surface area contributed by atoms with Gasteiger partial charge in [0.2, 0.25) is 11.8 Å². The lowest BCUT2D eigenvalue weighted by atomic mass is 9.90. The van der Waals surface area contributed by atoms with Gasteiger partial charge < -0.3 is 15.4 Å². The van der Waals surface area contributed by atoms with Gasteiger partial charge in [-0.25, -0.2) is 4.79 Å². The fraction of sp³-hybridized carbons (Fsp3) is 0.471. The Hall–Kier alpha value is -2.37. The van der Waals surface area contributed by atoms with Crippen molar-refractivity contribution >= 4 is 23.5 Å². The first kappa shape index (κ1) is 18.7. The third-order valence-corrected chi connectivity index (χ3v) is 3.23. The summed E-state index contributed by atoms with van der Waals surface area (Å²) in [4.78, 5) is 36.6. The lowest BCUT2D eigenvalue weighted by Gasteiger charge is -2.24. The molecular formula is C17H24N2O4. The fourth-order valence-electron chi connectivity index (χ4n) is 1.80. The molecule has 0 aliphatic carbocycles. The molecule has 0 aliphatic rings. The number of carbonyl (C=O) groups is 3. The Morgan fingerprint density at radius 1 is 1.13 bits per heavy atom. The van der Waals surface area contributed by atoms with Crippen molar-refractivity contribution in [1.82, 2.24) is 5.32 Å². The van der Waals surface area contributed by atoms with Crippen molar-refractivity contribution in [2.24, 2.45) is 5.41 Å². The maximum Gasteiger partial charge on any atom is 0.340 e. The van der Waals surface area contributed by atoms with E-state index in [1.807, 2.05) is 13.8 Å². The molecule has 0 spiro atoms. The zero-order valence-corrected chi connectivity index (χ0v) is 14.2. The van der Waals surface area contributed by atoms with Crippen LogP contribution >= 0.6 is 0 Å². The number of anilines is 1. The number of rotatable bonds is 6. The van der Waals surface area contributed by atoms with Crippen LogP contribution in [-0.2, 0) is 14.3 Å². The summed E-state index contributed by atoms with van der Waals surface area (Å²) in [5.74, 6) is -1.39. The highest BCUT2D eigenvalue weighted by atomic mass is 16.5. The van der Waals surface area contributed by atoms with E-state index in [0.717, 1.165) is 0 Å². The fourth-order valence-corrected chi connectivity index (χ4v) is 1.80. The molecule has 0 aromatic heterocycles. The van der Waals surface area contributed by atoms with Gasteiger partial charge in [-0.3, -0.25) is 9.59 Å². The van der Waals surface area contributed by atoms with Crippen LogP contribution in [-0.4, -0.2) is 30.4 Å². The molecule has 0 fully saturated rings. The van der Waals surface area contributed by atoms with E-state index < -0.39 is 17.3 Å². The van der Waals surface area contributed by atoms with Gasteiger partial charge >= 0.3 is 5.97 Å². The zero-order valence-electron chi connectivity index (χ0n) is 14.2. The van der Waals surface area contributed by atoms with E-state index in [1.54, 1.807) is 31.2 Å². The molecule has 2 amide bonds. The monoisotopic (exact) mass is 320 g/mol. The maximum absolute atomic E-state index is 12.5. The first-order valence-corrected chi connectivity index (χ1v) is 7.58. The first-order valence-electron chi connectivity index (χ1n) is 7.58. The largest absolute Gasteiger partial charge is 0.462 e. The molecule has 0 radical (unpaired) electrons. The van der Waals surface area contributed by atoms with E-state index in [9.17, 15) is 14.4 Å². The van der Waals surface area contributed by atoms with Crippen LogP contribution in [0.15, 0.2) is 24.3 Å². The second-order valence-corrected chi connectivity index (χ2v) is 5.97. The van der Waals surface area contributed by atoms with Gasteiger partial charge in [-0.1, -0.05) is 12.1 Å². The van der Waals surface area contributed by atoms with Crippen molar-refractivity contribution in [2.75, 3.05) is 11.9 Å². The van der Waals surface area contributed by atoms with Crippen LogP contribution in [0.5, 0.6) is 0 Å². The van der Waals surface area contributed by atoms with Gasteiger partial charge in [0.15, 0.2) is 0 Å². The number of hydrogen-bond donors (Lipinski definition) is 2. The van der Waals surface area contributed by atoms with E-state index in [4.69, 9.17) is 4.74 Å². The first-order chi connectivity index (χ1) is 10.7. The van der Waals surface area contributed by atoms with Crippen molar-refractivity contribution in [2.45, 2.75) is 40.7 Å². The molecule has 0 atom stereocenters. The van der Waals surface area contributed by atoms with Crippen molar-refractivity contribution < 1.29 is 19.1 Å². The van der Waals surface area contributed by atoms with E-state index >= 15 is 0 Å². The summed E-state index contributed by atoms with van der Waals surface area (Å²) in [5.41, 5.74) is -0.699. The molecule has 6 nitrogen and oxygen atoms in total. The van der Waals surface area contributed by atoms with Gasteiger partial charge in [-0.2, -0.15) is 0 Å². The minimum atomic E-state index is -1.27. The highest BCUT2D eigenvalue weighted by Gasteiger charge is 2.36. The molecule has 0 heterocycles. The summed E-state index contributed by atoms with van der Waals surface area (Å²) in [6.45, 7) is 8.66. The minimum absolute atomic E-state index is 0.0682. The predicted octanol–water partition coefficient (Wildman–Crippen LogP) is 2.35. The molecule has 0 aliphatic heterocycles. The highest BCUT2D eigenvalue weighted by molar-refractivity contribution is 6.11. The van der Waals surface area contributed by atoms with E-state index in [-0.39, 0.29) is 24.1 Å². The van der Waals surface area contributed by atoms with Crippen LogP contribution in [0, 0.1) is 5.41 Å². The van der Waals surface area contributed by atoms with Crippen LogP contribution in [0.2, 0.25) is 0 Å². The molecule has 2 N–H and O–H groups in total. The molecule has 1 aromatic rings. The van der Waals surface area contributed by atoms with Crippen LogP contribution in [0.25, 0.3) is 0 Å². The van der Waals surface area contributed by atoms with E-state index in [1.165, 1.54) is 13.8 Å². The number of nitrogens with one attached hydrogen (secondary N) is 2. The SMILES string of the molecule is CCOC(=O)c1ccccc1NC(=O)C(C)(C)C(=O)NC(C)C. The molecule has 1 aromatic carbocycles. The molecule has 0 bridgehead atoms. The molecule has 1 rings (SSSR count). The maximum atomic E-state index is 12.5. The smallest absolute Gasteiger partial charge is 0.340 e. The number of carbonyl (C=O) groups excluding carboxylic acids is 3. The number of hydrogen-bond acceptors (Lipinski definition) is 4. The summed E-state index contributed by atoms with van der Waals surface area (Å²) in [7, 11) is 0. The third kappa shape index (κ3) is 4.81. The Morgan fingerprint density at radius 3 is 2.30 bits per heavy atom. The van der Waals surface area contributed by atoms with Crippen molar-refractivity contribution in [1.29, 1.82) is 0 Å². The molecule has 0 saturated heterocycles. The summed E-state index contributed by atoms with van der Waals surface area (Å²) in [6, 6.07) is 6.47. The summed E-state index contributed by atoms with van der Waals surface area (Å²) in [6.07, 6.45) is 0. The second kappa shape index (κ2) is 7.76. The molecule has 6 heteroatoms. The van der Waals surface area contributed by atoms with Gasteiger partial charge in [0, 0.05) is 6.04 Å².